The van der Waals surface area contributed by atoms with Crippen LogP contribution in [0.3, 0.4) is 0 Å². The fourth-order valence-electron chi connectivity index (χ4n) is 3.38. The summed E-state index contributed by atoms with van der Waals surface area (Å²) in [4.78, 5) is 18.2. The molecule has 0 atom stereocenters. The van der Waals surface area contributed by atoms with Crippen molar-refractivity contribution in [2.24, 2.45) is 11.8 Å². The number of H-pyrrole nitrogens is 1. The molecule has 0 spiro atoms. The van der Waals surface area contributed by atoms with Crippen molar-refractivity contribution < 1.29 is 4.92 Å². The predicted octanol–water partition coefficient (Wildman–Crippen LogP) is 4.23. The average molecular weight is 287 g/mol. The van der Waals surface area contributed by atoms with Crippen LogP contribution < -0.4 is 0 Å². The van der Waals surface area contributed by atoms with Gasteiger partial charge in [0, 0.05) is 18.6 Å². The quantitative estimate of drug-likeness (QED) is 0.675. The van der Waals surface area contributed by atoms with Crippen molar-refractivity contribution in [3.63, 3.8) is 0 Å². The van der Waals surface area contributed by atoms with Crippen LogP contribution in [-0.4, -0.2) is 14.9 Å². The normalized spacial score (nSPS) is 22.5. The van der Waals surface area contributed by atoms with E-state index >= 15 is 0 Å². The van der Waals surface area contributed by atoms with Crippen LogP contribution in [0.5, 0.6) is 0 Å². The molecule has 1 N–H and O–H groups in total. The number of aromatic amines is 1. The van der Waals surface area contributed by atoms with E-state index in [4.69, 9.17) is 0 Å². The maximum Gasteiger partial charge on any atom is 0.271 e. The molecule has 1 fully saturated rings. The van der Waals surface area contributed by atoms with Gasteiger partial charge in [0.25, 0.3) is 5.69 Å². The molecule has 21 heavy (non-hydrogen) atoms. The summed E-state index contributed by atoms with van der Waals surface area (Å²) in [5, 5.41) is 10.8. The van der Waals surface area contributed by atoms with Crippen LogP contribution in [-0.2, 0) is 6.42 Å². The Labute approximate surface area is 123 Å². The average Bonchev–Trinajstić information content (AvgIpc) is 2.89. The lowest BCUT2D eigenvalue weighted by Crippen LogP contribution is -2.16. The predicted molar refractivity (Wildman–Crippen MR) is 82.2 cm³/mol. The summed E-state index contributed by atoms with van der Waals surface area (Å²) in [5.74, 6) is 2.56. The monoisotopic (exact) mass is 287 g/mol. The van der Waals surface area contributed by atoms with E-state index in [0.29, 0.717) is 5.92 Å². The Bertz CT molecular complexity index is 642. The van der Waals surface area contributed by atoms with Gasteiger partial charge in [-0.3, -0.25) is 10.1 Å². The summed E-state index contributed by atoms with van der Waals surface area (Å²) >= 11 is 0. The number of fused-ring (bicyclic) bond motifs is 1. The van der Waals surface area contributed by atoms with E-state index < -0.39 is 0 Å². The number of aromatic nitrogens is 2. The summed E-state index contributed by atoms with van der Waals surface area (Å²) in [5.41, 5.74) is 1.69. The Hall–Kier alpha value is -1.91. The van der Waals surface area contributed by atoms with E-state index in [1.54, 1.807) is 12.1 Å². The van der Waals surface area contributed by atoms with E-state index in [-0.39, 0.29) is 10.6 Å². The molecule has 1 aliphatic carbocycles. The van der Waals surface area contributed by atoms with E-state index in [1.807, 2.05) is 0 Å². The van der Waals surface area contributed by atoms with E-state index in [0.717, 1.165) is 29.2 Å². The maximum atomic E-state index is 10.8. The number of hydrogen-bond acceptors (Lipinski definition) is 3. The molecule has 1 aromatic carbocycles. The minimum Gasteiger partial charge on any atom is -0.342 e. The second kappa shape index (κ2) is 5.84. The second-order valence-corrected chi connectivity index (χ2v) is 6.14. The van der Waals surface area contributed by atoms with E-state index in [9.17, 15) is 10.1 Å². The van der Waals surface area contributed by atoms with Crippen LogP contribution in [0.1, 0.15) is 44.9 Å². The Morgan fingerprint density at radius 2 is 2.00 bits per heavy atom. The lowest BCUT2D eigenvalue weighted by molar-refractivity contribution is -0.384. The smallest absolute Gasteiger partial charge is 0.271 e. The molecule has 0 aliphatic heterocycles. The third kappa shape index (κ3) is 3.06. The van der Waals surface area contributed by atoms with E-state index in [2.05, 4.69) is 16.9 Å². The molecule has 0 bridgehead atoms. The summed E-state index contributed by atoms with van der Waals surface area (Å²) < 4.78 is 0. The molecule has 5 nitrogen and oxygen atoms in total. The van der Waals surface area contributed by atoms with Crippen LogP contribution in [0, 0.1) is 22.0 Å². The first-order chi connectivity index (χ1) is 10.2. The number of imidazole rings is 1. The highest BCUT2D eigenvalue weighted by atomic mass is 16.6. The highest BCUT2D eigenvalue weighted by molar-refractivity contribution is 5.77. The topological polar surface area (TPSA) is 71.8 Å². The zero-order valence-corrected chi connectivity index (χ0v) is 12.3. The van der Waals surface area contributed by atoms with Gasteiger partial charge in [0.15, 0.2) is 0 Å². The Morgan fingerprint density at radius 3 is 2.67 bits per heavy atom. The highest BCUT2D eigenvalue weighted by Gasteiger charge is 2.21. The van der Waals surface area contributed by atoms with Crippen molar-refractivity contribution in [1.82, 2.24) is 9.97 Å². The molecule has 112 valence electrons. The summed E-state index contributed by atoms with van der Waals surface area (Å²) in [7, 11) is 0. The lowest BCUT2D eigenvalue weighted by Gasteiger charge is -2.27. The fraction of sp³-hybridized carbons (Fsp3) is 0.562. The molecule has 0 unspecified atom stereocenters. The second-order valence-electron chi connectivity index (χ2n) is 6.14. The van der Waals surface area contributed by atoms with E-state index in [1.165, 1.54) is 38.2 Å². The van der Waals surface area contributed by atoms with Crippen molar-refractivity contribution >= 4 is 16.7 Å². The van der Waals surface area contributed by atoms with Gasteiger partial charge in [0.2, 0.25) is 0 Å². The molecule has 0 saturated heterocycles. The van der Waals surface area contributed by atoms with Crippen molar-refractivity contribution in [1.29, 1.82) is 0 Å². The number of hydrogen-bond donors (Lipinski definition) is 1. The molecule has 1 aliphatic rings. The number of benzene rings is 1. The van der Waals surface area contributed by atoms with Gasteiger partial charge < -0.3 is 4.98 Å². The maximum absolute atomic E-state index is 10.8. The number of rotatable bonds is 4. The molecule has 0 amide bonds. The van der Waals surface area contributed by atoms with Gasteiger partial charge >= 0.3 is 0 Å². The lowest BCUT2D eigenvalue weighted by atomic mass is 9.79. The van der Waals surface area contributed by atoms with Gasteiger partial charge in [-0.15, -0.1) is 0 Å². The van der Waals surface area contributed by atoms with Crippen LogP contribution >= 0.6 is 0 Å². The molecule has 1 saturated carbocycles. The standard InChI is InChI=1S/C16H21N3O2/c1-2-11-3-5-12(6-4-11)9-16-17-14-8-7-13(19(20)21)10-15(14)18-16/h7-8,10-12H,2-6,9H2,1H3,(H,17,18). The molecule has 1 aromatic heterocycles. The summed E-state index contributed by atoms with van der Waals surface area (Å²) in [6, 6.07) is 4.81. The van der Waals surface area contributed by atoms with Crippen molar-refractivity contribution in [2.75, 3.05) is 0 Å². The number of nitrogens with zero attached hydrogens (tertiary/aromatic N) is 2. The van der Waals surface area contributed by atoms with Crippen LogP contribution in [0.2, 0.25) is 0 Å². The minimum absolute atomic E-state index is 0.112. The van der Waals surface area contributed by atoms with Gasteiger partial charge in [-0.05, 0) is 30.7 Å². The van der Waals surface area contributed by atoms with Gasteiger partial charge in [-0.1, -0.05) is 26.2 Å². The highest BCUT2D eigenvalue weighted by Crippen LogP contribution is 2.32. The van der Waals surface area contributed by atoms with Crippen LogP contribution in [0.15, 0.2) is 18.2 Å². The first kappa shape index (κ1) is 14.0. The van der Waals surface area contributed by atoms with Crippen molar-refractivity contribution in [3.05, 3.63) is 34.1 Å². The summed E-state index contributed by atoms with van der Waals surface area (Å²) in [6.07, 6.45) is 7.45. The van der Waals surface area contributed by atoms with Gasteiger partial charge in [-0.25, -0.2) is 4.98 Å². The molecule has 2 aromatic rings. The zero-order valence-electron chi connectivity index (χ0n) is 12.3. The van der Waals surface area contributed by atoms with Gasteiger partial charge in [0.1, 0.15) is 5.82 Å². The SMILES string of the molecule is CCC1CCC(Cc2nc3ccc([N+](=O)[O-])cc3[nH]2)CC1. The number of non-ortho nitro benzene ring substituents is 1. The first-order valence-corrected chi connectivity index (χ1v) is 7.78. The van der Waals surface area contributed by atoms with Crippen LogP contribution in [0.4, 0.5) is 5.69 Å². The Morgan fingerprint density at radius 1 is 1.29 bits per heavy atom. The molecular formula is C16H21N3O2. The fourth-order valence-corrected chi connectivity index (χ4v) is 3.38. The third-order valence-corrected chi connectivity index (χ3v) is 4.75. The Kier molecular flexibility index (Phi) is 3.90. The number of nitro benzene ring substituents is 1. The summed E-state index contributed by atoms with van der Waals surface area (Å²) in [6.45, 7) is 2.27. The largest absolute Gasteiger partial charge is 0.342 e. The third-order valence-electron chi connectivity index (χ3n) is 4.75. The van der Waals surface area contributed by atoms with Crippen LogP contribution in [0.25, 0.3) is 11.0 Å². The number of nitro groups is 1. The molecule has 5 heteroatoms. The zero-order chi connectivity index (χ0) is 14.8. The first-order valence-electron chi connectivity index (χ1n) is 7.78. The molecule has 0 radical (unpaired) electrons. The van der Waals surface area contributed by atoms with Crippen molar-refractivity contribution in [3.8, 4) is 0 Å². The Balaban J connectivity index is 1.71. The molecule has 1 heterocycles. The minimum atomic E-state index is -0.369. The van der Waals surface area contributed by atoms with Gasteiger partial charge in [0.05, 0.1) is 16.0 Å². The molecular weight excluding hydrogens is 266 g/mol. The van der Waals surface area contributed by atoms with Crippen molar-refractivity contribution in [2.45, 2.75) is 45.4 Å². The number of nitrogens with one attached hydrogen (secondary N) is 1. The molecule has 3 rings (SSSR count). The van der Waals surface area contributed by atoms with Gasteiger partial charge in [-0.2, -0.15) is 0 Å².